The van der Waals surface area contributed by atoms with Gasteiger partial charge in [0, 0.05) is 16.7 Å². The van der Waals surface area contributed by atoms with Gasteiger partial charge in [0.15, 0.2) is 17.5 Å². The van der Waals surface area contributed by atoms with E-state index in [0.29, 0.717) is 17.5 Å². The highest BCUT2D eigenvalue weighted by Crippen LogP contribution is 2.23. The Bertz CT molecular complexity index is 994. The number of aromatic nitrogens is 3. The maximum Gasteiger partial charge on any atom is 0.164 e. The van der Waals surface area contributed by atoms with Crippen LogP contribution in [0.15, 0.2) is 85.0 Å². The smallest absolute Gasteiger partial charge is 0.164 e. The monoisotopic (exact) mass is 353 g/mol. The Morgan fingerprint density at radius 2 is 1.37 bits per heavy atom. The molecular formula is C24H23N3. The van der Waals surface area contributed by atoms with Gasteiger partial charge in [-0.2, -0.15) is 0 Å². The molecule has 0 unspecified atom stereocenters. The fraction of sp³-hybridized carbons (Fsp3) is 0.125. The molecule has 134 valence electrons. The molecule has 1 heterocycles. The third kappa shape index (κ3) is 4.64. The van der Waals surface area contributed by atoms with Crippen molar-refractivity contribution in [2.24, 2.45) is 0 Å². The molecule has 0 aliphatic rings. The molecule has 0 bridgehead atoms. The lowest BCUT2D eigenvalue weighted by atomic mass is 10.1. The van der Waals surface area contributed by atoms with Crippen molar-refractivity contribution in [2.45, 2.75) is 20.8 Å². The van der Waals surface area contributed by atoms with Gasteiger partial charge in [-0.3, -0.25) is 0 Å². The SMILES string of the molecule is C=C/C(=C\C=C(C)C)c1nc(-c2ccccc2)nc(-c2ccc(C)cc2)n1. The van der Waals surface area contributed by atoms with Crippen LogP contribution in [0.2, 0.25) is 0 Å². The van der Waals surface area contributed by atoms with Gasteiger partial charge in [-0.15, -0.1) is 0 Å². The molecule has 0 aliphatic heterocycles. The predicted molar refractivity (Wildman–Crippen MR) is 113 cm³/mol. The number of aryl methyl sites for hydroxylation is 1. The van der Waals surface area contributed by atoms with E-state index in [2.05, 4.69) is 39.5 Å². The number of hydrogen-bond acceptors (Lipinski definition) is 3. The van der Waals surface area contributed by atoms with Gasteiger partial charge in [0.05, 0.1) is 0 Å². The van der Waals surface area contributed by atoms with Crippen molar-refractivity contribution in [3.05, 3.63) is 96.4 Å². The molecule has 0 saturated heterocycles. The van der Waals surface area contributed by atoms with Gasteiger partial charge in [0.2, 0.25) is 0 Å². The van der Waals surface area contributed by atoms with Crippen LogP contribution in [0.3, 0.4) is 0 Å². The number of rotatable bonds is 5. The number of hydrogen-bond donors (Lipinski definition) is 0. The van der Waals surface area contributed by atoms with Crippen LogP contribution in [-0.4, -0.2) is 15.0 Å². The van der Waals surface area contributed by atoms with Crippen LogP contribution >= 0.6 is 0 Å². The van der Waals surface area contributed by atoms with Crippen molar-refractivity contribution in [3.63, 3.8) is 0 Å². The fourth-order valence-corrected chi connectivity index (χ4v) is 2.54. The molecule has 27 heavy (non-hydrogen) atoms. The Balaban J connectivity index is 2.19. The first-order valence-electron chi connectivity index (χ1n) is 8.93. The third-order valence-corrected chi connectivity index (χ3v) is 4.05. The maximum atomic E-state index is 4.72. The van der Waals surface area contributed by atoms with E-state index in [1.165, 1.54) is 11.1 Å². The summed E-state index contributed by atoms with van der Waals surface area (Å²) in [6.45, 7) is 10.1. The van der Waals surface area contributed by atoms with Gasteiger partial charge in [-0.25, -0.2) is 15.0 Å². The molecule has 0 aliphatic carbocycles. The van der Waals surface area contributed by atoms with Gasteiger partial charge >= 0.3 is 0 Å². The van der Waals surface area contributed by atoms with Crippen molar-refractivity contribution in [3.8, 4) is 22.8 Å². The molecule has 3 heteroatoms. The molecule has 0 fully saturated rings. The molecule has 0 spiro atoms. The van der Waals surface area contributed by atoms with Gasteiger partial charge in [-0.05, 0) is 20.8 Å². The van der Waals surface area contributed by atoms with E-state index in [9.17, 15) is 0 Å². The minimum absolute atomic E-state index is 0.618. The molecule has 0 amide bonds. The first-order chi connectivity index (χ1) is 13.1. The molecule has 1 aromatic heterocycles. The summed E-state index contributed by atoms with van der Waals surface area (Å²) in [6, 6.07) is 18.2. The van der Waals surface area contributed by atoms with Crippen LogP contribution in [0.5, 0.6) is 0 Å². The van der Waals surface area contributed by atoms with E-state index in [-0.39, 0.29) is 0 Å². The Morgan fingerprint density at radius 1 is 0.778 bits per heavy atom. The van der Waals surface area contributed by atoms with E-state index < -0.39 is 0 Å². The highest BCUT2D eigenvalue weighted by atomic mass is 15.0. The summed E-state index contributed by atoms with van der Waals surface area (Å²) >= 11 is 0. The molecule has 2 aromatic carbocycles. The lowest BCUT2D eigenvalue weighted by Gasteiger charge is -2.08. The van der Waals surface area contributed by atoms with Crippen molar-refractivity contribution in [1.29, 1.82) is 0 Å². The Morgan fingerprint density at radius 3 is 1.93 bits per heavy atom. The van der Waals surface area contributed by atoms with E-state index >= 15 is 0 Å². The van der Waals surface area contributed by atoms with E-state index in [1.807, 2.05) is 54.6 Å². The summed E-state index contributed by atoms with van der Waals surface area (Å²) in [6.07, 6.45) is 5.81. The van der Waals surface area contributed by atoms with Crippen molar-refractivity contribution < 1.29 is 0 Å². The minimum Gasteiger partial charge on any atom is -0.208 e. The van der Waals surface area contributed by atoms with Crippen LogP contribution in [-0.2, 0) is 0 Å². The Hall–Kier alpha value is -3.33. The van der Waals surface area contributed by atoms with Crippen molar-refractivity contribution in [1.82, 2.24) is 15.0 Å². The van der Waals surface area contributed by atoms with Crippen LogP contribution in [0.1, 0.15) is 25.2 Å². The highest BCUT2D eigenvalue weighted by molar-refractivity contribution is 5.73. The normalized spacial score (nSPS) is 11.1. The molecule has 3 nitrogen and oxygen atoms in total. The largest absolute Gasteiger partial charge is 0.208 e. The highest BCUT2D eigenvalue weighted by Gasteiger charge is 2.12. The second-order valence-corrected chi connectivity index (χ2v) is 6.61. The van der Waals surface area contributed by atoms with Crippen molar-refractivity contribution in [2.75, 3.05) is 0 Å². The van der Waals surface area contributed by atoms with Gasteiger partial charge in [0.1, 0.15) is 0 Å². The van der Waals surface area contributed by atoms with Crippen LogP contribution in [0, 0.1) is 6.92 Å². The lowest BCUT2D eigenvalue weighted by molar-refractivity contribution is 1.04. The van der Waals surface area contributed by atoms with Gasteiger partial charge < -0.3 is 0 Å². The van der Waals surface area contributed by atoms with Gasteiger partial charge in [-0.1, -0.05) is 90.5 Å². The average Bonchev–Trinajstić information content (AvgIpc) is 2.69. The van der Waals surface area contributed by atoms with Crippen LogP contribution < -0.4 is 0 Å². The van der Waals surface area contributed by atoms with E-state index in [1.54, 1.807) is 6.08 Å². The lowest BCUT2D eigenvalue weighted by Crippen LogP contribution is -2.02. The van der Waals surface area contributed by atoms with Crippen LogP contribution in [0.25, 0.3) is 28.3 Å². The quantitative estimate of drug-likeness (QED) is 0.524. The molecule has 3 rings (SSSR count). The molecular weight excluding hydrogens is 330 g/mol. The topological polar surface area (TPSA) is 38.7 Å². The molecule has 0 N–H and O–H groups in total. The van der Waals surface area contributed by atoms with E-state index in [0.717, 1.165) is 16.7 Å². The first-order valence-corrected chi connectivity index (χ1v) is 8.93. The standard InChI is InChI=1S/C24H23N3/c1-5-19(14-11-17(2)3)22-25-23(20-9-7-6-8-10-20)27-24(26-22)21-15-12-18(4)13-16-21/h5-16H,1H2,2-4H3/b19-14+. The summed E-state index contributed by atoms with van der Waals surface area (Å²) in [5, 5.41) is 0. The number of nitrogens with zero attached hydrogens (tertiary/aromatic N) is 3. The summed E-state index contributed by atoms with van der Waals surface area (Å²) in [5.74, 6) is 1.93. The summed E-state index contributed by atoms with van der Waals surface area (Å²) < 4.78 is 0. The zero-order chi connectivity index (χ0) is 19.2. The Kier molecular flexibility index (Phi) is 5.72. The van der Waals surface area contributed by atoms with Crippen molar-refractivity contribution >= 4 is 5.57 Å². The maximum absolute atomic E-state index is 4.72. The molecule has 0 radical (unpaired) electrons. The number of benzene rings is 2. The second kappa shape index (κ2) is 8.37. The Labute approximate surface area is 160 Å². The first kappa shape index (κ1) is 18.5. The summed E-state index contributed by atoms with van der Waals surface area (Å²) in [5.41, 5.74) is 5.19. The average molecular weight is 353 g/mol. The molecule has 0 atom stereocenters. The minimum atomic E-state index is 0.618. The van der Waals surface area contributed by atoms with Gasteiger partial charge in [0.25, 0.3) is 0 Å². The zero-order valence-corrected chi connectivity index (χ0v) is 16.0. The molecule has 0 saturated carbocycles. The second-order valence-electron chi connectivity index (χ2n) is 6.61. The third-order valence-electron chi connectivity index (χ3n) is 4.05. The summed E-state index contributed by atoms with van der Waals surface area (Å²) in [7, 11) is 0. The molecule has 3 aromatic rings. The number of allylic oxidation sites excluding steroid dienone is 5. The van der Waals surface area contributed by atoms with Crippen LogP contribution in [0.4, 0.5) is 0 Å². The van der Waals surface area contributed by atoms with E-state index in [4.69, 9.17) is 15.0 Å². The zero-order valence-electron chi connectivity index (χ0n) is 16.0. The summed E-state index contributed by atoms with van der Waals surface area (Å²) in [4.78, 5) is 14.1. The predicted octanol–water partition coefficient (Wildman–Crippen LogP) is 6.05. The fourth-order valence-electron chi connectivity index (χ4n) is 2.54.